The van der Waals surface area contributed by atoms with Crippen LogP contribution in [0.4, 0.5) is 0 Å². The van der Waals surface area contributed by atoms with E-state index in [2.05, 4.69) is 17.1 Å². The molecule has 3 heteroatoms. The quantitative estimate of drug-likeness (QED) is 0.718. The van der Waals surface area contributed by atoms with Gasteiger partial charge in [-0.2, -0.15) is 0 Å². The average Bonchev–Trinajstić information content (AvgIpc) is 2.27. The van der Waals surface area contributed by atoms with E-state index >= 15 is 0 Å². The van der Waals surface area contributed by atoms with Crippen LogP contribution in [0.15, 0.2) is 0 Å². The summed E-state index contributed by atoms with van der Waals surface area (Å²) >= 11 is 0. The molecule has 0 saturated carbocycles. The normalized spacial score (nSPS) is 33.6. The fourth-order valence-corrected chi connectivity index (χ4v) is 2.80. The van der Waals surface area contributed by atoms with Gasteiger partial charge in [-0.15, -0.1) is 0 Å². The Kier molecular flexibility index (Phi) is 3.06. The molecule has 80 valence electrons. The van der Waals surface area contributed by atoms with E-state index in [9.17, 15) is 4.79 Å². The molecular formula is C11H20N2O. The molecule has 0 aromatic carbocycles. The first kappa shape index (κ1) is 9.97. The van der Waals surface area contributed by atoms with Gasteiger partial charge in [-0.25, -0.2) is 0 Å². The van der Waals surface area contributed by atoms with Crippen LogP contribution in [0.25, 0.3) is 0 Å². The van der Waals surface area contributed by atoms with E-state index in [1.807, 2.05) is 0 Å². The molecule has 0 aromatic heterocycles. The van der Waals surface area contributed by atoms with Gasteiger partial charge in [0.15, 0.2) is 0 Å². The molecule has 2 bridgehead atoms. The Labute approximate surface area is 85.8 Å². The number of nitrogens with zero attached hydrogens (tertiary/aromatic N) is 1. The molecule has 2 saturated heterocycles. The minimum absolute atomic E-state index is 0.250. The summed E-state index contributed by atoms with van der Waals surface area (Å²) in [6.45, 7) is 4.25. The molecule has 2 aliphatic rings. The number of carbonyl (C=O) groups excluding carboxylic acids is 1. The first-order chi connectivity index (χ1) is 6.81. The molecule has 1 amide bonds. The molecule has 1 N–H and O–H groups in total. The minimum atomic E-state index is 0.250. The SMILES string of the molecule is CCCN1C2CCCC1CC(=O)NC2. The maximum atomic E-state index is 11.4. The highest BCUT2D eigenvalue weighted by Gasteiger charge is 2.33. The molecule has 2 aliphatic heterocycles. The van der Waals surface area contributed by atoms with Crippen molar-refractivity contribution in [2.45, 2.75) is 51.1 Å². The lowest BCUT2D eigenvalue weighted by molar-refractivity contribution is -0.121. The number of amides is 1. The lowest BCUT2D eigenvalue weighted by Gasteiger charge is -2.39. The van der Waals surface area contributed by atoms with Crippen LogP contribution in [0.3, 0.4) is 0 Å². The largest absolute Gasteiger partial charge is 0.354 e. The van der Waals surface area contributed by atoms with Gasteiger partial charge in [-0.05, 0) is 25.8 Å². The van der Waals surface area contributed by atoms with Crippen LogP contribution < -0.4 is 5.32 Å². The van der Waals surface area contributed by atoms with E-state index < -0.39 is 0 Å². The number of nitrogens with one attached hydrogen (secondary N) is 1. The van der Waals surface area contributed by atoms with Crippen LogP contribution in [0.5, 0.6) is 0 Å². The zero-order valence-electron chi connectivity index (χ0n) is 8.96. The van der Waals surface area contributed by atoms with Crippen molar-refractivity contribution >= 4 is 5.91 Å². The molecule has 0 radical (unpaired) electrons. The van der Waals surface area contributed by atoms with Crippen molar-refractivity contribution in [3.05, 3.63) is 0 Å². The van der Waals surface area contributed by atoms with Gasteiger partial charge >= 0.3 is 0 Å². The Morgan fingerprint density at radius 2 is 2.21 bits per heavy atom. The molecule has 2 rings (SSSR count). The molecule has 2 heterocycles. The topological polar surface area (TPSA) is 32.3 Å². The molecule has 0 aliphatic carbocycles. The van der Waals surface area contributed by atoms with Crippen LogP contribution in [-0.4, -0.2) is 36.0 Å². The smallest absolute Gasteiger partial charge is 0.221 e. The van der Waals surface area contributed by atoms with Crippen LogP contribution in [0.2, 0.25) is 0 Å². The van der Waals surface area contributed by atoms with E-state index in [0.717, 1.165) is 19.5 Å². The Morgan fingerprint density at radius 3 is 3.00 bits per heavy atom. The van der Waals surface area contributed by atoms with Gasteiger partial charge in [-0.3, -0.25) is 9.69 Å². The Balaban J connectivity index is 2.09. The van der Waals surface area contributed by atoms with E-state index in [4.69, 9.17) is 0 Å². The highest BCUT2D eigenvalue weighted by Crippen LogP contribution is 2.26. The number of carbonyl (C=O) groups is 1. The number of hydrogen-bond donors (Lipinski definition) is 1. The zero-order valence-corrected chi connectivity index (χ0v) is 8.96. The summed E-state index contributed by atoms with van der Waals surface area (Å²) in [5.74, 6) is 0.250. The summed E-state index contributed by atoms with van der Waals surface area (Å²) in [4.78, 5) is 14.0. The first-order valence-corrected chi connectivity index (χ1v) is 5.83. The van der Waals surface area contributed by atoms with Gasteiger partial charge in [0, 0.05) is 25.0 Å². The lowest BCUT2D eigenvalue weighted by atomic mass is 9.94. The van der Waals surface area contributed by atoms with E-state index in [1.54, 1.807) is 0 Å². The van der Waals surface area contributed by atoms with Crippen LogP contribution in [0, 0.1) is 0 Å². The lowest BCUT2D eigenvalue weighted by Crippen LogP contribution is -2.48. The third kappa shape index (κ3) is 1.92. The van der Waals surface area contributed by atoms with Crippen molar-refractivity contribution in [3.63, 3.8) is 0 Å². The third-order valence-corrected chi connectivity index (χ3v) is 3.45. The molecule has 0 aromatic rings. The second-order valence-electron chi connectivity index (χ2n) is 4.48. The first-order valence-electron chi connectivity index (χ1n) is 5.83. The summed E-state index contributed by atoms with van der Waals surface area (Å²) in [6, 6.07) is 1.14. The number of rotatable bonds is 2. The fourth-order valence-electron chi connectivity index (χ4n) is 2.80. The molecule has 0 spiro atoms. The van der Waals surface area contributed by atoms with Gasteiger partial charge in [-0.1, -0.05) is 13.3 Å². The van der Waals surface area contributed by atoms with Crippen LogP contribution in [0.1, 0.15) is 39.0 Å². The fraction of sp³-hybridized carbons (Fsp3) is 0.909. The van der Waals surface area contributed by atoms with E-state index in [-0.39, 0.29) is 5.91 Å². The molecule has 2 atom stereocenters. The highest BCUT2D eigenvalue weighted by molar-refractivity contribution is 5.77. The molecular weight excluding hydrogens is 176 g/mol. The summed E-state index contributed by atoms with van der Waals surface area (Å²) in [5, 5.41) is 3.02. The van der Waals surface area contributed by atoms with Crippen molar-refractivity contribution in [1.82, 2.24) is 10.2 Å². The number of fused-ring (bicyclic) bond motifs is 2. The predicted octanol–water partition coefficient (Wildman–Crippen LogP) is 1.14. The highest BCUT2D eigenvalue weighted by atomic mass is 16.1. The van der Waals surface area contributed by atoms with Gasteiger partial charge in [0.1, 0.15) is 0 Å². The van der Waals surface area contributed by atoms with Crippen LogP contribution >= 0.6 is 0 Å². The van der Waals surface area contributed by atoms with Gasteiger partial charge in [0.2, 0.25) is 5.91 Å². The van der Waals surface area contributed by atoms with Crippen molar-refractivity contribution < 1.29 is 4.79 Å². The number of piperidine rings is 1. The van der Waals surface area contributed by atoms with E-state index in [0.29, 0.717) is 12.1 Å². The molecule has 3 nitrogen and oxygen atoms in total. The average molecular weight is 196 g/mol. The predicted molar refractivity (Wildman–Crippen MR) is 56.1 cm³/mol. The second-order valence-corrected chi connectivity index (χ2v) is 4.48. The second kappa shape index (κ2) is 4.30. The minimum Gasteiger partial charge on any atom is -0.354 e. The van der Waals surface area contributed by atoms with Crippen molar-refractivity contribution in [2.75, 3.05) is 13.1 Å². The maximum Gasteiger partial charge on any atom is 0.221 e. The van der Waals surface area contributed by atoms with Gasteiger partial charge in [0.05, 0.1) is 0 Å². The van der Waals surface area contributed by atoms with Gasteiger partial charge < -0.3 is 5.32 Å². The standard InChI is InChI=1S/C11H20N2O/c1-2-6-13-9-4-3-5-10(13)8-12-11(14)7-9/h9-10H,2-8H2,1H3,(H,12,14). The van der Waals surface area contributed by atoms with Crippen LogP contribution in [-0.2, 0) is 4.79 Å². The Morgan fingerprint density at radius 1 is 1.43 bits per heavy atom. The Bertz CT molecular complexity index is 217. The zero-order chi connectivity index (χ0) is 9.97. The molecule has 14 heavy (non-hydrogen) atoms. The summed E-state index contributed by atoms with van der Waals surface area (Å²) < 4.78 is 0. The van der Waals surface area contributed by atoms with Crippen molar-refractivity contribution in [1.29, 1.82) is 0 Å². The molecule has 2 fully saturated rings. The van der Waals surface area contributed by atoms with E-state index in [1.165, 1.54) is 25.7 Å². The summed E-state index contributed by atoms with van der Waals surface area (Å²) in [7, 11) is 0. The van der Waals surface area contributed by atoms with Crippen molar-refractivity contribution in [2.24, 2.45) is 0 Å². The van der Waals surface area contributed by atoms with Gasteiger partial charge in [0.25, 0.3) is 0 Å². The summed E-state index contributed by atoms with van der Waals surface area (Å²) in [6.07, 6.45) is 5.68. The maximum absolute atomic E-state index is 11.4. The number of hydrogen-bond acceptors (Lipinski definition) is 2. The Hall–Kier alpha value is -0.570. The summed E-state index contributed by atoms with van der Waals surface area (Å²) in [5.41, 5.74) is 0. The monoisotopic (exact) mass is 196 g/mol. The van der Waals surface area contributed by atoms with Crippen molar-refractivity contribution in [3.8, 4) is 0 Å². The molecule has 2 unspecified atom stereocenters. The third-order valence-electron chi connectivity index (χ3n) is 3.45.